The molecule has 1 aromatic heterocycles. The van der Waals surface area contributed by atoms with Crippen LogP contribution in [0.1, 0.15) is 33.6 Å². The van der Waals surface area contributed by atoms with Crippen molar-refractivity contribution in [1.82, 2.24) is 15.0 Å². The standard InChI is InChI=1S/C18H23FN4O3/c1-18(2,3)25-17(24)23-9-5-8-14(23)11-20-16-21-15(22-26-16)12-6-4-7-13(19)10-12/h4,6-7,10,14H,5,8-9,11H2,1-3H3,(H,20,21,22). The van der Waals surface area contributed by atoms with Crippen molar-refractivity contribution in [3.63, 3.8) is 0 Å². The van der Waals surface area contributed by atoms with Crippen molar-refractivity contribution in [3.8, 4) is 11.4 Å². The van der Waals surface area contributed by atoms with E-state index in [2.05, 4.69) is 15.5 Å². The van der Waals surface area contributed by atoms with E-state index in [0.717, 1.165) is 12.8 Å². The normalized spacial score (nSPS) is 17.4. The van der Waals surface area contributed by atoms with Gasteiger partial charge in [-0.25, -0.2) is 9.18 Å². The minimum Gasteiger partial charge on any atom is -0.444 e. The van der Waals surface area contributed by atoms with Gasteiger partial charge in [0.25, 0.3) is 0 Å². The summed E-state index contributed by atoms with van der Waals surface area (Å²) in [6, 6.07) is 6.23. The molecule has 1 fully saturated rings. The number of ether oxygens (including phenoxy) is 1. The number of hydrogen-bond donors (Lipinski definition) is 1. The maximum absolute atomic E-state index is 13.3. The fraction of sp³-hybridized carbons (Fsp3) is 0.500. The van der Waals surface area contributed by atoms with Gasteiger partial charge in [0.05, 0.1) is 6.04 Å². The number of nitrogens with zero attached hydrogens (tertiary/aromatic N) is 3. The molecular weight excluding hydrogens is 339 g/mol. The highest BCUT2D eigenvalue weighted by Gasteiger charge is 2.32. The Morgan fingerprint density at radius 2 is 2.27 bits per heavy atom. The number of anilines is 1. The molecule has 1 amide bonds. The van der Waals surface area contributed by atoms with Crippen LogP contribution in [0.25, 0.3) is 11.4 Å². The molecule has 1 N–H and O–H groups in total. The van der Waals surface area contributed by atoms with E-state index in [0.29, 0.717) is 24.5 Å². The van der Waals surface area contributed by atoms with E-state index in [9.17, 15) is 9.18 Å². The summed E-state index contributed by atoms with van der Waals surface area (Å²) in [6.45, 7) is 6.69. The monoisotopic (exact) mass is 362 g/mol. The lowest BCUT2D eigenvalue weighted by molar-refractivity contribution is 0.0234. The Balaban J connectivity index is 1.59. The van der Waals surface area contributed by atoms with Crippen LogP contribution in [-0.4, -0.2) is 45.9 Å². The molecule has 1 atom stereocenters. The third-order valence-electron chi connectivity index (χ3n) is 4.00. The second-order valence-corrected chi connectivity index (χ2v) is 7.28. The summed E-state index contributed by atoms with van der Waals surface area (Å²) >= 11 is 0. The number of likely N-dealkylation sites (tertiary alicyclic amines) is 1. The van der Waals surface area contributed by atoms with Gasteiger partial charge in [0.2, 0.25) is 5.82 Å². The van der Waals surface area contributed by atoms with Gasteiger partial charge in [-0.2, -0.15) is 4.98 Å². The Bertz CT molecular complexity index is 772. The Hall–Kier alpha value is -2.64. The molecule has 2 aromatic rings. The van der Waals surface area contributed by atoms with Gasteiger partial charge in [0.15, 0.2) is 0 Å². The highest BCUT2D eigenvalue weighted by atomic mass is 19.1. The van der Waals surface area contributed by atoms with Crippen molar-refractivity contribution in [1.29, 1.82) is 0 Å². The van der Waals surface area contributed by atoms with Gasteiger partial charge in [-0.1, -0.05) is 17.3 Å². The average molecular weight is 362 g/mol. The van der Waals surface area contributed by atoms with E-state index in [1.807, 2.05) is 20.8 Å². The molecule has 140 valence electrons. The van der Waals surface area contributed by atoms with Crippen molar-refractivity contribution in [3.05, 3.63) is 30.1 Å². The molecule has 1 saturated heterocycles. The van der Waals surface area contributed by atoms with Gasteiger partial charge < -0.3 is 19.5 Å². The molecule has 1 aromatic carbocycles. The molecule has 0 bridgehead atoms. The van der Waals surface area contributed by atoms with Crippen molar-refractivity contribution < 1.29 is 18.4 Å². The zero-order chi connectivity index (χ0) is 18.7. The van der Waals surface area contributed by atoms with E-state index >= 15 is 0 Å². The van der Waals surface area contributed by atoms with Crippen LogP contribution in [0.4, 0.5) is 15.2 Å². The van der Waals surface area contributed by atoms with E-state index in [1.54, 1.807) is 17.0 Å². The van der Waals surface area contributed by atoms with Gasteiger partial charge in [0, 0.05) is 18.7 Å². The third-order valence-corrected chi connectivity index (χ3v) is 4.00. The summed E-state index contributed by atoms with van der Waals surface area (Å²) in [5, 5.41) is 6.91. The first-order chi connectivity index (χ1) is 12.3. The van der Waals surface area contributed by atoms with Crippen LogP contribution in [-0.2, 0) is 4.74 Å². The second-order valence-electron chi connectivity index (χ2n) is 7.28. The lowest BCUT2D eigenvalue weighted by Crippen LogP contribution is -2.42. The molecule has 2 heterocycles. The maximum Gasteiger partial charge on any atom is 0.410 e. The topological polar surface area (TPSA) is 80.5 Å². The number of carbonyl (C=O) groups excluding carboxylic acids is 1. The number of rotatable bonds is 4. The Kier molecular flexibility index (Phi) is 5.11. The molecular formula is C18H23FN4O3. The Labute approximate surface area is 151 Å². The van der Waals surface area contributed by atoms with Crippen LogP contribution in [0.15, 0.2) is 28.8 Å². The molecule has 26 heavy (non-hydrogen) atoms. The third kappa shape index (κ3) is 4.50. The number of benzene rings is 1. The lowest BCUT2D eigenvalue weighted by Gasteiger charge is -2.28. The smallest absolute Gasteiger partial charge is 0.410 e. The molecule has 0 spiro atoms. The summed E-state index contributed by atoms with van der Waals surface area (Å²) in [4.78, 5) is 18.2. The van der Waals surface area contributed by atoms with Crippen molar-refractivity contribution in [2.45, 2.75) is 45.3 Å². The molecule has 3 rings (SSSR count). The van der Waals surface area contributed by atoms with Gasteiger partial charge in [-0.3, -0.25) is 0 Å². The number of hydrogen-bond acceptors (Lipinski definition) is 6. The minimum atomic E-state index is -0.524. The van der Waals surface area contributed by atoms with Crippen LogP contribution in [0.5, 0.6) is 0 Å². The van der Waals surface area contributed by atoms with Crippen molar-refractivity contribution in [2.75, 3.05) is 18.4 Å². The molecule has 1 aliphatic rings. The van der Waals surface area contributed by atoms with E-state index < -0.39 is 5.60 Å². The van der Waals surface area contributed by atoms with E-state index in [4.69, 9.17) is 9.26 Å². The first-order valence-electron chi connectivity index (χ1n) is 8.65. The summed E-state index contributed by atoms with van der Waals surface area (Å²) in [5.74, 6) is -0.0526. The Morgan fingerprint density at radius 3 is 3.00 bits per heavy atom. The number of nitrogens with one attached hydrogen (secondary N) is 1. The molecule has 1 unspecified atom stereocenters. The van der Waals surface area contributed by atoms with Crippen molar-refractivity contribution in [2.24, 2.45) is 0 Å². The largest absolute Gasteiger partial charge is 0.444 e. The Morgan fingerprint density at radius 1 is 1.46 bits per heavy atom. The van der Waals surface area contributed by atoms with Gasteiger partial charge >= 0.3 is 12.1 Å². The van der Waals surface area contributed by atoms with Crippen LogP contribution in [0.2, 0.25) is 0 Å². The number of carbonyl (C=O) groups is 1. The van der Waals surface area contributed by atoms with Gasteiger partial charge in [0.1, 0.15) is 11.4 Å². The molecule has 0 saturated carbocycles. The van der Waals surface area contributed by atoms with Crippen LogP contribution in [0.3, 0.4) is 0 Å². The molecule has 7 nitrogen and oxygen atoms in total. The minimum absolute atomic E-state index is 0.00521. The fourth-order valence-corrected chi connectivity index (χ4v) is 2.85. The predicted octanol–water partition coefficient (Wildman–Crippen LogP) is 3.69. The first-order valence-corrected chi connectivity index (χ1v) is 8.65. The highest BCUT2D eigenvalue weighted by Crippen LogP contribution is 2.22. The SMILES string of the molecule is CC(C)(C)OC(=O)N1CCCC1CNc1nc(-c2cccc(F)c2)no1. The zero-order valence-corrected chi connectivity index (χ0v) is 15.2. The summed E-state index contributed by atoms with van der Waals surface area (Å²) in [7, 11) is 0. The molecule has 0 aliphatic carbocycles. The van der Waals surface area contributed by atoms with Crippen LogP contribution >= 0.6 is 0 Å². The molecule has 1 aliphatic heterocycles. The molecule has 0 radical (unpaired) electrons. The van der Waals surface area contributed by atoms with Crippen molar-refractivity contribution >= 4 is 12.1 Å². The summed E-state index contributed by atoms with van der Waals surface area (Å²) < 4.78 is 23.9. The second kappa shape index (κ2) is 7.31. The summed E-state index contributed by atoms with van der Waals surface area (Å²) in [5.41, 5.74) is 0.0160. The van der Waals surface area contributed by atoms with Crippen LogP contribution < -0.4 is 5.32 Å². The van der Waals surface area contributed by atoms with E-state index in [-0.39, 0.29) is 24.0 Å². The van der Waals surface area contributed by atoms with Crippen LogP contribution in [0, 0.1) is 5.82 Å². The summed E-state index contributed by atoms with van der Waals surface area (Å²) in [6.07, 6.45) is 1.48. The maximum atomic E-state index is 13.3. The highest BCUT2D eigenvalue weighted by molar-refractivity contribution is 5.69. The lowest BCUT2D eigenvalue weighted by atomic mass is 10.2. The fourth-order valence-electron chi connectivity index (χ4n) is 2.85. The van der Waals surface area contributed by atoms with Gasteiger partial charge in [-0.05, 0) is 45.7 Å². The van der Waals surface area contributed by atoms with Gasteiger partial charge in [-0.15, -0.1) is 0 Å². The number of halogens is 1. The average Bonchev–Trinajstić information content (AvgIpc) is 3.20. The zero-order valence-electron chi connectivity index (χ0n) is 15.2. The predicted molar refractivity (Wildman–Crippen MR) is 94.1 cm³/mol. The number of amides is 1. The number of aromatic nitrogens is 2. The first kappa shape index (κ1) is 18.2. The molecule has 8 heteroatoms. The quantitative estimate of drug-likeness (QED) is 0.893. The van der Waals surface area contributed by atoms with E-state index in [1.165, 1.54) is 12.1 Å².